The molecule has 0 bridgehead atoms. The zero-order valence-corrected chi connectivity index (χ0v) is 18.1. The molecule has 1 amide bonds. The van der Waals surface area contributed by atoms with Crippen LogP contribution in [0.5, 0.6) is 5.75 Å². The Labute approximate surface area is 182 Å². The van der Waals surface area contributed by atoms with Gasteiger partial charge in [0.2, 0.25) is 5.91 Å². The van der Waals surface area contributed by atoms with E-state index in [4.69, 9.17) is 8.60 Å². The van der Waals surface area contributed by atoms with Crippen LogP contribution in [0.15, 0.2) is 67.6 Å². The maximum Gasteiger partial charge on any atom is 0.339 e. The normalized spacial score (nSPS) is 14.2. The van der Waals surface area contributed by atoms with Gasteiger partial charge in [-0.3, -0.25) is 9.79 Å². The molecule has 0 saturated heterocycles. The molecule has 0 spiro atoms. The average Bonchev–Trinajstić information content (AvgIpc) is 2.72. The van der Waals surface area contributed by atoms with Gasteiger partial charge in [0.05, 0.1) is 6.54 Å². The van der Waals surface area contributed by atoms with Crippen LogP contribution < -0.4 is 15.1 Å². The number of hydrogen-bond donors (Lipinski definition) is 1. The highest BCUT2D eigenvalue weighted by atomic mass is 32.2. The van der Waals surface area contributed by atoms with Crippen LogP contribution in [0.1, 0.15) is 17.5 Å². The average molecular weight is 459 g/mol. The van der Waals surface area contributed by atoms with Crippen molar-refractivity contribution < 1.29 is 21.8 Å². The van der Waals surface area contributed by atoms with Crippen molar-refractivity contribution in [3.8, 4) is 5.75 Å². The lowest BCUT2D eigenvalue weighted by molar-refractivity contribution is -0.119. The Balaban J connectivity index is 1.59. The maximum atomic E-state index is 12.5. The number of carbonyl (C=O) groups is 1. The van der Waals surface area contributed by atoms with Crippen molar-refractivity contribution in [1.29, 1.82) is 0 Å². The Morgan fingerprint density at radius 1 is 1.13 bits per heavy atom. The van der Waals surface area contributed by atoms with Crippen molar-refractivity contribution in [1.82, 2.24) is 5.32 Å². The van der Waals surface area contributed by atoms with Crippen LogP contribution in [-0.4, -0.2) is 26.0 Å². The van der Waals surface area contributed by atoms with Crippen molar-refractivity contribution in [3.63, 3.8) is 0 Å². The second-order valence-electron chi connectivity index (χ2n) is 6.87. The molecule has 2 aromatic carbocycles. The third kappa shape index (κ3) is 4.97. The van der Waals surface area contributed by atoms with Crippen molar-refractivity contribution >= 4 is 43.9 Å². The van der Waals surface area contributed by atoms with E-state index in [0.29, 0.717) is 34.8 Å². The van der Waals surface area contributed by atoms with Crippen molar-refractivity contribution in [2.24, 2.45) is 4.99 Å². The van der Waals surface area contributed by atoms with Gasteiger partial charge < -0.3 is 13.9 Å². The number of fused-ring (bicyclic) bond motifs is 1. The number of aliphatic imine (C=N–C) groups is 1. The molecule has 3 aromatic rings. The summed E-state index contributed by atoms with van der Waals surface area (Å²) in [5.41, 5.74) is 1.23. The minimum atomic E-state index is -4.03. The first kappa shape index (κ1) is 21.1. The first-order chi connectivity index (χ1) is 14.8. The summed E-state index contributed by atoms with van der Waals surface area (Å²) in [6, 6.07) is 12.2. The van der Waals surface area contributed by atoms with Crippen LogP contribution in [0.4, 0.5) is 0 Å². The predicted octanol–water partition coefficient (Wildman–Crippen LogP) is 2.98. The molecule has 0 unspecified atom stereocenters. The SMILES string of the molecule is Cc1ccc(S(=O)(=O)Oc2ccc3c(CSC4=NCCC(=O)N4)cc(=O)oc3c2)cc1. The molecule has 31 heavy (non-hydrogen) atoms. The Hall–Kier alpha value is -3.11. The number of amidine groups is 1. The summed E-state index contributed by atoms with van der Waals surface area (Å²) >= 11 is 1.30. The quantitative estimate of drug-likeness (QED) is 0.462. The molecule has 1 aliphatic heterocycles. The third-order valence-corrected chi connectivity index (χ3v) is 6.74. The summed E-state index contributed by atoms with van der Waals surface area (Å²) in [6.45, 7) is 2.29. The lowest BCUT2D eigenvalue weighted by atomic mass is 10.1. The van der Waals surface area contributed by atoms with Crippen molar-refractivity contribution in [2.75, 3.05) is 6.54 Å². The van der Waals surface area contributed by atoms with Crippen molar-refractivity contribution in [2.45, 2.75) is 24.0 Å². The zero-order chi connectivity index (χ0) is 22.0. The molecule has 8 nitrogen and oxygen atoms in total. The van der Waals surface area contributed by atoms with Crippen LogP contribution in [0.25, 0.3) is 11.0 Å². The number of benzene rings is 2. The number of aryl methyl sites for hydroxylation is 1. The van der Waals surface area contributed by atoms with Gasteiger partial charge in [0.15, 0.2) is 5.17 Å². The summed E-state index contributed by atoms with van der Waals surface area (Å²) in [7, 11) is -4.03. The van der Waals surface area contributed by atoms with Gasteiger partial charge in [0, 0.05) is 29.7 Å². The molecule has 2 heterocycles. The van der Waals surface area contributed by atoms with Crippen LogP contribution in [0, 0.1) is 6.92 Å². The summed E-state index contributed by atoms with van der Waals surface area (Å²) in [4.78, 5) is 27.8. The smallest absolute Gasteiger partial charge is 0.339 e. The fourth-order valence-corrected chi connectivity index (χ4v) is 4.79. The molecule has 160 valence electrons. The van der Waals surface area contributed by atoms with E-state index in [1.165, 1.54) is 42.1 Å². The van der Waals surface area contributed by atoms with Crippen LogP contribution in [0.3, 0.4) is 0 Å². The second kappa shape index (κ2) is 8.56. The fraction of sp³-hybridized carbons (Fsp3) is 0.190. The molecule has 0 atom stereocenters. The Morgan fingerprint density at radius 2 is 1.90 bits per heavy atom. The van der Waals surface area contributed by atoms with E-state index < -0.39 is 15.7 Å². The lowest BCUT2D eigenvalue weighted by Gasteiger charge is -2.13. The highest BCUT2D eigenvalue weighted by Crippen LogP contribution is 2.27. The molecule has 0 radical (unpaired) electrons. The van der Waals surface area contributed by atoms with Gasteiger partial charge in [-0.2, -0.15) is 8.42 Å². The van der Waals surface area contributed by atoms with E-state index >= 15 is 0 Å². The van der Waals surface area contributed by atoms with Gasteiger partial charge >= 0.3 is 15.7 Å². The number of nitrogens with one attached hydrogen (secondary N) is 1. The fourth-order valence-electron chi connectivity index (χ4n) is 2.97. The molecular weight excluding hydrogens is 440 g/mol. The third-order valence-electron chi connectivity index (χ3n) is 4.52. The molecule has 1 aromatic heterocycles. The summed E-state index contributed by atoms with van der Waals surface area (Å²) in [5.74, 6) is 0.319. The number of nitrogens with zero attached hydrogens (tertiary/aromatic N) is 1. The molecule has 0 fully saturated rings. The molecule has 0 aliphatic carbocycles. The predicted molar refractivity (Wildman–Crippen MR) is 118 cm³/mol. The summed E-state index contributed by atoms with van der Waals surface area (Å²) < 4.78 is 35.5. The van der Waals surface area contributed by atoms with E-state index in [1.807, 2.05) is 6.92 Å². The number of rotatable bonds is 5. The highest BCUT2D eigenvalue weighted by Gasteiger charge is 2.18. The molecule has 4 rings (SSSR count). The summed E-state index contributed by atoms with van der Waals surface area (Å²) in [6.07, 6.45) is 0.357. The van der Waals surface area contributed by atoms with Crippen LogP contribution in [-0.2, 0) is 20.7 Å². The Morgan fingerprint density at radius 3 is 2.65 bits per heavy atom. The zero-order valence-electron chi connectivity index (χ0n) is 16.5. The standard InChI is InChI=1S/C21H18N2O6S2/c1-13-2-5-16(6-3-13)31(26,27)29-15-4-7-17-14(10-20(25)28-18(17)11-15)12-30-21-22-9-8-19(24)23-21/h2-7,10-11H,8-9,12H2,1H3,(H,22,23,24). The monoisotopic (exact) mass is 458 g/mol. The van der Waals surface area contributed by atoms with E-state index in [-0.39, 0.29) is 22.1 Å². The maximum absolute atomic E-state index is 12.5. The first-order valence-corrected chi connectivity index (χ1v) is 11.7. The van der Waals surface area contributed by atoms with E-state index in [0.717, 1.165) is 5.56 Å². The van der Waals surface area contributed by atoms with E-state index in [2.05, 4.69) is 10.3 Å². The molecule has 1 N–H and O–H groups in total. The minimum absolute atomic E-state index is 0.0279. The Kier molecular flexibility index (Phi) is 5.84. The van der Waals surface area contributed by atoms with Gasteiger partial charge in [0.1, 0.15) is 16.2 Å². The minimum Gasteiger partial charge on any atom is -0.423 e. The first-order valence-electron chi connectivity index (χ1n) is 9.35. The van der Waals surface area contributed by atoms with Gasteiger partial charge in [-0.15, -0.1) is 0 Å². The topological polar surface area (TPSA) is 115 Å². The molecule has 10 heteroatoms. The molecule has 1 aliphatic rings. The summed E-state index contributed by atoms with van der Waals surface area (Å²) in [5, 5.41) is 3.82. The van der Waals surface area contributed by atoms with Gasteiger partial charge in [-0.05, 0) is 36.8 Å². The highest BCUT2D eigenvalue weighted by molar-refractivity contribution is 8.13. The second-order valence-corrected chi connectivity index (χ2v) is 9.38. The Bertz CT molecular complexity index is 1340. The van der Waals surface area contributed by atoms with Gasteiger partial charge in [-0.25, -0.2) is 4.79 Å². The van der Waals surface area contributed by atoms with E-state index in [9.17, 15) is 18.0 Å². The van der Waals surface area contributed by atoms with Gasteiger partial charge in [0.25, 0.3) is 0 Å². The molecule has 0 saturated carbocycles. The number of hydrogen-bond acceptors (Lipinski definition) is 8. The van der Waals surface area contributed by atoms with Gasteiger partial charge in [-0.1, -0.05) is 29.5 Å². The largest absolute Gasteiger partial charge is 0.423 e. The van der Waals surface area contributed by atoms with Crippen LogP contribution >= 0.6 is 11.8 Å². The van der Waals surface area contributed by atoms with E-state index in [1.54, 1.807) is 18.2 Å². The molecular formula is C21H18N2O6S2. The van der Waals surface area contributed by atoms with Crippen molar-refractivity contribution in [3.05, 3.63) is 70.1 Å². The lowest BCUT2D eigenvalue weighted by Crippen LogP contribution is -2.32. The number of carbonyl (C=O) groups excluding carboxylic acids is 1. The number of amides is 1. The number of thioether (sulfide) groups is 1. The van der Waals surface area contributed by atoms with Crippen LogP contribution in [0.2, 0.25) is 0 Å².